The number of hydrogen-bond acceptors (Lipinski definition) is 2. The van der Waals surface area contributed by atoms with E-state index in [2.05, 4.69) is 0 Å². The second kappa shape index (κ2) is 7.32. The van der Waals surface area contributed by atoms with Crippen LogP contribution in [-0.2, 0) is 16.6 Å². The number of benzene rings is 2. The number of hydrogen-bond donors (Lipinski definition) is 0. The summed E-state index contributed by atoms with van der Waals surface area (Å²) in [6, 6.07) is 19.3. The minimum atomic E-state index is -3.47. The van der Waals surface area contributed by atoms with Crippen molar-refractivity contribution < 1.29 is 8.42 Å². The highest BCUT2D eigenvalue weighted by atomic mass is 32.2. The van der Waals surface area contributed by atoms with Crippen LogP contribution in [0, 0.1) is 5.92 Å². The van der Waals surface area contributed by atoms with E-state index in [1.807, 2.05) is 67.6 Å². The van der Waals surface area contributed by atoms with Gasteiger partial charge in [-0.05, 0) is 42.9 Å². The van der Waals surface area contributed by atoms with E-state index in [9.17, 15) is 8.42 Å². The van der Waals surface area contributed by atoms with Gasteiger partial charge in [-0.2, -0.15) is 4.31 Å². The predicted molar refractivity (Wildman–Crippen MR) is 98.6 cm³/mol. The average Bonchev–Trinajstić information content (AvgIpc) is 3.44. The molecule has 126 valence electrons. The van der Waals surface area contributed by atoms with Gasteiger partial charge < -0.3 is 0 Å². The smallest absolute Gasteiger partial charge is 0.207 e. The molecule has 2 aromatic carbocycles. The fourth-order valence-electron chi connectivity index (χ4n) is 2.85. The lowest BCUT2D eigenvalue weighted by Crippen LogP contribution is -2.38. The standard InChI is InChI=1S/C20H23NO2S/c1-17(20-12-13-20)21(16-19-10-6-3-7-11-19)24(22,23)15-14-18-8-4-2-5-9-18/h2-11,14-15,17,20H,12-13,16H2,1H3/b15-14+/t17-/m0/s1. The molecule has 2 aromatic rings. The molecule has 1 fully saturated rings. The van der Waals surface area contributed by atoms with Gasteiger partial charge >= 0.3 is 0 Å². The minimum Gasteiger partial charge on any atom is -0.207 e. The Bertz CT molecular complexity index is 781. The molecule has 24 heavy (non-hydrogen) atoms. The Morgan fingerprint density at radius 3 is 2.21 bits per heavy atom. The van der Waals surface area contributed by atoms with Crippen LogP contribution in [0.5, 0.6) is 0 Å². The first-order valence-corrected chi connectivity index (χ1v) is 9.85. The molecular weight excluding hydrogens is 318 g/mol. The summed E-state index contributed by atoms with van der Waals surface area (Å²) >= 11 is 0. The Hall–Kier alpha value is -1.91. The van der Waals surface area contributed by atoms with E-state index in [0.717, 1.165) is 24.0 Å². The SMILES string of the molecule is C[C@@H](C1CC1)N(Cc1ccccc1)S(=O)(=O)/C=C/c1ccccc1. The van der Waals surface area contributed by atoms with Crippen LogP contribution in [0.2, 0.25) is 0 Å². The molecule has 0 N–H and O–H groups in total. The lowest BCUT2D eigenvalue weighted by molar-refractivity contribution is 0.307. The maximum atomic E-state index is 12.9. The van der Waals surface area contributed by atoms with Crippen LogP contribution >= 0.6 is 0 Å². The zero-order valence-corrected chi connectivity index (χ0v) is 14.7. The molecule has 3 nitrogen and oxygen atoms in total. The summed E-state index contributed by atoms with van der Waals surface area (Å²) in [4.78, 5) is 0. The summed E-state index contributed by atoms with van der Waals surface area (Å²) in [7, 11) is -3.47. The van der Waals surface area contributed by atoms with E-state index in [4.69, 9.17) is 0 Å². The highest BCUT2D eigenvalue weighted by Gasteiger charge is 2.36. The Balaban J connectivity index is 1.84. The normalized spacial score (nSPS) is 16.6. The largest absolute Gasteiger partial charge is 0.236 e. The molecule has 4 heteroatoms. The van der Waals surface area contributed by atoms with Gasteiger partial charge in [-0.1, -0.05) is 60.7 Å². The van der Waals surface area contributed by atoms with Crippen LogP contribution in [0.1, 0.15) is 30.9 Å². The van der Waals surface area contributed by atoms with Crippen molar-refractivity contribution in [2.75, 3.05) is 0 Å². The topological polar surface area (TPSA) is 37.4 Å². The average molecular weight is 341 g/mol. The van der Waals surface area contributed by atoms with Crippen LogP contribution in [-0.4, -0.2) is 18.8 Å². The maximum Gasteiger partial charge on any atom is 0.236 e. The molecule has 0 saturated heterocycles. The van der Waals surface area contributed by atoms with Gasteiger partial charge in [0.1, 0.15) is 0 Å². The molecule has 1 aliphatic rings. The van der Waals surface area contributed by atoms with Gasteiger partial charge in [0.25, 0.3) is 0 Å². The third-order valence-corrected chi connectivity index (χ3v) is 6.09. The van der Waals surface area contributed by atoms with Gasteiger partial charge in [0, 0.05) is 18.0 Å². The molecule has 0 amide bonds. The van der Waals surface area contributed by atoms with Gasteiger partial charge in [0.15, 0.2) is 0 Å². The van der Waals surface area contributed by atoms with Crippen molar-refractivity contribution >= 4 is 16.1 Å². The van der Waals surface area contributed by atoms with Crippen molar-refractivity contribution in [3.8, 4) is 0 Å². The summed E-state index contributed by atoms with van der Waals surface area (Å²) in [5.41, 5.74) is 1.90. The number of sulfonamides is 1. The molecular formula is C20H23NO2S. The lowest BCUT2D eigenvalue weighted by atomic mass is 10.2. The molecule has 1 aliphatic carbocycles. The van der Waals surface area contributed by atoms with Crippen LogP contribution in [0.4, 0.5) is 0 Å². The molecule has 0 radical (unpaired) electrons. The second-order valence-electron chi connectivity index (χ2n) is 6.37. The molecule has 0 unspecified atom stereocenters. The lowest BCUT2D eigenvalue weighted by Gasteiger charge is -2.27. The van der Waals surface area contributed by atoms with E-state index in [0.29, 0.717) is 12.5 Å². The van der Waals surface area contributed by atoms with E-state index >= 15 is 0 Å². The van der Waals surface area contributed by atoms with Crippen LogP contribution in [0.15, 0.2) is 66.1 Å². The Kier molecular flexibility index (Phi) is 5.17. The third kappa shape index (κ3) is 4.34. The molecule has 1 atom stereocenters. The fourth-order valence-corrected chi connectivity index (χ4v) is 4.30. The van der Waals surface area contributed by atoms with Gasteiger partial charge in [0.05, 0.1) is 0 Å². The molecule has 0 aliphatic heterocycles. The van der Waals surface area contributed by atoms with E-state index < -0.39 is 10.0 Å². The predicted octanol–water partition coefficient (Wildman–Crippen LogP) is 4.29. The van der Waals surface area contributed by atoms with Crippen LogP contribution in [0.3, 0.4) is 0 Å². The zero-order chi connectivity index (χ0) is 17.0. The maximum absolute atomic E-state index is 12.9. The first kappa shape index (κ1) is 16.9. The summed E-state index contributed by atoms with van der Waals surface area (Å²) in [6.07, 6.45) is 3.90. The van der Waals surface area contributed by atoms with Crippen LogP contribution in [0.25, 0.3) is 6.08 Å². The van der Waals surface area contributed by atoms with Crippen molar-refractivity contribution in [1.29, 1.82) is 0 Å². The van der Waals surface area contributed by atoms with E-state index in [1.165, 1.54) is 5.41 Å². The Labute approximate surface area is 144 Å². The highest BCUT2D eigenvalue weighted by Crippen LogP contribution is 2.37. The van der Waals surface area contributed by atoms with Gasteiger partial charge in [-0.3, -0.25) is 0 Å². The fraction of sp³-hybridized carbons (Fsp3) is 0.300. The first-order valence-electron chi connectivity index (χ1n) is 8.35. The molecule has 1 saturated carbocycles. The monoisotopic (exact) mass is 341 g/mol. The molecule has 3 rings (SSSR count). The molecule has 0 spiro atoms. The van der Waals surface area contributed by atoms with Crippen molar-refractivity contribution in [1.82, 2.24) is 4.31 Å². The Morgan fingerprint density at radius 2 is 1.62 bits per heavy atom. The van der Waals surface area contributed by atoms with Crippen molar-refractivity contribution in [3.63, 3.8) is 0 Å². The first-order chi connectivity index (χ1) is 11.6. The van der Waals surface area contributed by atoms with Gasteiger partial charge in [0.2, 0.25) is 10.0 Å². The minimum absolute atomic E-state index is 0.0237. The van der Waals surface area contributed by atoms with E-state index in [1.54, 1.807) is 10.4 Å². The molecule has 0 heterocycles. The van der Waals surface area contributed by atoms with E-state index in [-0.39, 0.29) is 6.04 Å². The third-order valence-electron chi connectivity index (χ3n) is 4.50. The summed E-state index contributed by atoms with van der Waals surface area (Å²) in [5.74, 6) is 0.480. The van der Waals surface area contributed by atoms with Gasteiger partial charge in [-0.15, -0.1) is 0 Å². The number of rotatable bonds is 7. The quantitative estimate of drug-likeness (QED) is 0.753. The van der Waals surface area contributed by atoms with Crippen LogP contribution < -0.4 is 0 Å². The second-order valence-corrected chi connectivity index (χ2v) is 8.14. The van der Waals surface area contributed by atoms with Crippen molar-refractivity contribution in [2.45, 2.75) is 32.4 Å². The zero-order valence-electron chi connectivity index (χ0n) is 13.9. The molecule has 0 aromatic heterocycles. The van der Waals surface area contributed by atoms with Crippen molar-refractivity contribution in [2.24, 2.45) is 5.92 Å². The molecule has 0 bridgehead atoms. The highest BCUT2D eigenvalue weighted by molar-refractivity contribution is 7.92. The van der Waals surface area contributed by atoms with Gasteiger partial charge in [-0.25, -0.2) is 8.42 Å². The summed E-state index contributed by atoms with van der Waals surface area (Å²) < 4.78 is 27.5. The summed E-state index contributed by atoms with van der Waals surface area (Å²) in [5, 5.41) is 1.34. The Morgan fingerprint density at radius 1 is 1.04 bits per heavy atom. The summed E-state index contributed by atoms with van der Waals surface area (Å²) in [6.45, 7) is 2.44. The number of nitrogens with zero attached hydrogens (tertiary/aromatic N) is 1. The van der Waals surface area contributed by atoms with Crippen molar-refractivity contribution in [3.05, 3.63) is 77.2 Å².